The molecule has 4 aromatic rings. The van der Waals surface area contributed by atoms with E-state index in [1.54, 1.807) is 5.56 Å². The van der Waals surface area contributed by atoms with E-state index in [9.17, 15) is 0 Å². The van der Waals surface area contributed by atoms with Crippen LogP contribution in [0, 0.1) is 6.92 Å². The van der Waals surface area contributed by atoms with Gasteiger partial charge in [0.05, 0.1) is 10.9 Å². The van der Waals surface area contributed by atoms with Crippen LogP contribution in [-0.2, 0) is 12.8 Å². The zero-order chi connectivity index (χ0) is 19.1. The molecule has 5 rings (SSSR count). The van der Waals surface area contributed by atoms with Gasteiger partial charge in [-0.3, -0.25) is 0 Å². The first-order chi connectivity index (χ1) is 13.7. The van der Waals surface area contributed by atoms with Crippen LogP contribution in [0.4, 0.5) is 0 Å². The lowest BCUT2D eigenvalue weighted by atomic mass is 9.87. The van der Waals surface area contributed by atoms with Crippen molar-refractivity contribution in [2.24, 2.45) is 0 Å². The van der Waals surface area contributed by atoms with Gasteiger partial charge in [0.15, 0.2) is 18.4 Å². The van der Waals surface area contributed by atoms with Crippen molar-refractivity contribution >= 4 is 10.9 Å². The molecule has 2 unspecified atom stereocenters. The van der Waals surface area contributed by atoms with E-state index in [0.717, 1.165) is 6.42 Å². The second kappa shape index (κ2) is 6.94. The molecule has 0 amide bonds. The van der Waals surface area contributed by atoms with E-state index in [0.29, 0.717) is 12.1 Å². The highest BCUT2D eigenvalue weighted by atomic mass is 15.0. The van der Waals surface area contributed by atoms with Gasteiger partial charge in [0.2, 0.25) is 0 Å². The van der Waals surface area contributed by atoms with Crippen LogP contribution >= 0.6 is 0 Å². The van der Waals surface area contributed by atoms with Gasteiger partial charge in [0, 0.05) is 30.8 Å². The van der Waals surface area contributed by atoms with Crippen molar-refractivity contribution in [1.29, 1.82) is 0 Å². The van der Waals surface area contributed by atoms with E-state index in [1.807, 2.05) is 0 Å². The van der Waals surface area contributed by atoms with E-state index in [4.69, 9.17) is 0 Å². The first kappa shape index (κ1) is 17.2. The average Bonchev–Trinajstić information content (AvgIpc) is 3.16. The van der Waals surface area contributed by atoms with E-state index >= 15 is 0 Å². The van der Waals surface area contributed by atoms with Gasteiger partial charge in [-0.1, -0.05) is 54.1 Å². The fraction of sp³-hybridized carbons (Fsp3) is 0.269. The van der Waals surface area contributed by atoms with Gasteiger partial charge in [-0.25, -0.2) is 0 Å². The van der Waals surface area contributed by atoms with Crippen molar-refractivity contribution in [2.45, 2.75) is 45.2 Å². The number of aromatic nitrogens is 2. The summed E-state index contributed by atoms with van der Waals surface area (Å²) in [6.07, 6.45) is 10.3. The molecule has 0 fully saturated rings. The van der Waals surface area contributed by atoms with Crippen LogP contribution in [0.5, 0.6) is 0 Å². The maximum absolute atomic E-state index is 2.50. The molecule has 2 aromatic carbocycles. The summed E-state index contributed by atoms with van der Waals surface area (Å²) in [6.45, 7) is 4.45. The molecule has 0 saturated carbocycles. The number of hydrogen-bond donors (Lipinski definition) is 0. The predicted molar refractivity (Wildman–Crippen MR) is 115 cm³/mol. The number of fused-ring (bicyclic) bond motifs is 2. The van der Waals surface area contributed by atoms with E-state index in [-0.39, 0.29) is 0 Å². The van der Waals surface area contributed by atoms with Crippen molar-refractivity contribution < 1.29 is 4.57 Å². The Kier molecular flexibility index (Phi) is 4.27. The van der Waals surface area contributed by atoms with Crippen molar-refractivity contribution in [2.75, 3.05) is 0 Å². The van der Waals surface area contributed by atoms with Crippen LogP contribution in [0.1, 0.15) is 47.7 Å². The van der Waals surface area contributed by atoms with Gasteiger partial charge >= 0.3 is 0 Å². The summed E-state index contributed by atoms with van der Waals surface area (Å²) in [7, 11) is 0. The van der Waals surface area contributed by atoms with Crippen molar-refractivity contribution in [3.8, 4) is 0 Å². The monoisotopic (exact) mass is 367 g/mol. The van der Waals surface area contributed by atoms with Crippen LogP contribution in [0.15, 0.2) is 79.3 Å². The molecule has 28 heavy (non-hydrogen) atoms. The van der Waals surface area contributed by atoms with Gasteiger partial charge in [-0.15, -0.1) is 0 Å². The number of aryl methyl sites for hydroxylation is 2. The smallest absolute Gasteiger partial charge is 0.180 e. The van der Waals surface area contributed by atoms with E-state index < -0.39 is 0 Å². The number of rotatable bonds is 3. The van der Waals surface area contributed by atoms with E-state index in [1.165, 1.54) is 40.4 Å². The third-order valence-electron chi connectivity index (χ3n) is 6.37. The molecular weight excluding hydrogens is 340 g/mol. The summed E-state index contributed by atoms with van der Waals surface area (Å²) in [4.78, 5) is 0. The van der Waals surface area contributed by atoms with Crippen molar-refractivity contribution in [3.63, 3.8) is 0 Å². The Hall–Kier alpha value is -2.87. The Morgan fingerprint density at radius 3 is 2.71 bits per heavy atom. The molecule has 2 atom stereocenters. The first-order valence-corrected chi connectivity index (χ1v) is 10.3. The van der Waals surface area contributed by atoms with Crippen LogP contribution in [-0.4, -0.2) is 4.57 Å². The molecule has 0 radical (unpaired) electrons. The number of hydrogen-bond acceptors (Lipinski definition) is 0. The molecule has 0 N–H and O–H groups in total. The molecule has 1 aliphatic carbocycles. The summed E-state index contributed by atoms with van der Waals surface area (Å²) < 4.78 is 4.82. The summed E-state index contributed by atoms with van der Waals surface area (Å²) in [5, 5.41) is 1.32. The highest BCUT2D eigenvalue weighted by Gasteiger charge is 2.22. The second-order valence-corrected chi connectivity index (χ2v) is 8.21. The van der Waals surface area contributed by atoms with Gasteiger partial charge in [0.1, 0.15) is 0 Å². The highest BCUT2D eigenvalue weighted by Crippen LogP contribution is 2.32. The molecule has 0 saturated heterocycles. The zero-order valence-corrected chi connectivity index (χ0v) is 16.7. The third kappa shape index (κ3) is 3.03. The zero-order valence-electron chi connectivity index (χ0n) is 16.7. The Morgan fingerprint density at radius 2 is 1.86 bits per heavy atom. The topological polar surface area (TPSA) is 8.81 Å². The largest absolute Gasteiger partial charge is 0.344 e. The third-order valence-corrected chi connectivity index (χ3v) is 6.37. The Labute approximate surface area is 167 Å². The van der Waals surface area contributed by atoms with Crippen LogP contribution in [0.2, 0.25) is 0 Å². The molecule has 1 aliphatic rings. The minimum atomic E-state index is 0.332. The molecule has 2 aromatic heterocycles. The molecule has 0 spiro atoms. The standard InChI is InChI=1S/C26H27N2/c1-19-8-9-23-17-25(11-10-22(23)16-19)28-15-12-24-18-27(14-13-26(24)28)20(2)21-6-4-3-5-7-21/h3-9,12-16,18,20,25H,10-11,17H2,1-2H3/q+1. The molecule has 0 aliphatic heterocycles. The van der Waals surface area contributed by atoms with Gasteiger partial charge in [-0.2, -0.15) is 4.57 Å². The second-order valence-electron chi connectivity index (χ2n) is 8.21. The maximum Gasteiger partial charge on any atom is 0.180 e. The lowest BCUT2D eigenvalue weighted by molar-refractivity contribution is -0.709. The minimum Gasteiger partial charge on any atom is -0.344 e. The van der Waals surface area contributed by atoms with Crippen molar-refractivity contribution in [1.82, 2.24) is 4.57 Å². The van der Waals surface area contributed by atoms with E-state index in [2.05, 4.69) is 102 Å². The Bertz CT molecular complexity index is 1120. The molecular formula is C26H27N2+. The molecule has 140 valence electrons. The average molecular weight is 368 g/mol. The summed E-state index contributed by atoms with van der Waals surface area (Å²) >= 11 is 0. The van der Waals surface area contributed by atoms with Gasteiger partial charge in [-0.05, 0) is 43.4 Å². The predicted octanol–water partition coefficient (Wildman–Crippen LogP) is 5.58. The lowest BCUT2D eigenvalue weighted by Crippen LogP contribution is -2.37. The quantitative estimate of drug-likeness (QED) is 0.418. The van der Waals surface area contributed by atoms with Crippen molar-refractivity contribution in [3.05, 3.63) is 102 Å². The normalized spacial score (nSPS) is 17.4. The fourth-order valence-corrected chi connectivity index (χ4v) is 4.69. The lowest BCUT2D eigenvalue weighted by Gasteiger charge is -2.27. The van der Waals surface area contributed by atoms with Gasteiger partial charge in [0.25, 0.3) is 0 Å². The fourth-order valence-electron chi connectivity index (χ4n) is 4.69. The summed E-state index contributed by atoms with van der Waals surface area (Å²) in [5.41, 5.74) is 7.12. The number of nitrogens with zero attached hydrogens (tertiary/aromatic N) is 2. The number of benzene rings is 2. The molecule has 2 heteroatoms. The van der Waals surface area contributed by atoms with Gasteiger partial charge < -0.3 is 4.57 Å². The Balaban J connectivity index is 1.45. The molecule has 2 nitrogen and oxygen atoms in total. The Morgan fingerprint density at radius 1 is 1.00 bits per heavy atom. The summed E-state index contributed by atoms with van der Waals surface area (Å²) in [5.74, 6) is 0. The van der Waals surface area contributed by atoms with Crippen LogP contribution in [0.25, 0.3) is 10.9 Å². The maximum atomic E-state index is 2.50. The molecule has 2 heterocycles. The summed E-state index contributed by atoms with van der Waals surface area (Å²) in [6, 6.07) is 23.1. The minimum absolute atomic E-state index is 0.332. The molecule has 0 bridgehead atoms. The SMILES string of the molecule is Cc1ccc2c(c1)CCC(n1ccc3c[n+](C(C)c4ccccc4)ccc31)C2. The van der Waals surface area contributed by atoms with Crippen LogP contribution in [0.3, 0.4) is 0 Å². The number of pyridine rings is 1. The first-order valence-electron chi connectivity index (χ1n) is 10.3. The highest BCUT2D eigenvalue weighted by molar-refractivity contribution is 5.78. The van der Waals surface area contributed by atoms with Crippen LogP contribution < -0.4 is 4.57 Å².